The largest absolute Gasteiger partial charge is 0.339 e. The number of carbonyl (C=O) groups is 1. The average Bonchev–Trinajstić information content (AvgIpc) is 2.69. The van der Waals surface area contributed by atoms with E-state index in [2.05, 4.69) is 5.32 Å². The molecule has 0 bridgehead atoms. The number of rotatable bonds is 6. The third kappa shape index (κ3) is 5.20. The number of piperazine rings is 1. The molecule has 1 saturated heterocycles. The highest BCUT2D eigenvalue weighted by Crippen LogP contribution is 2.23. The lowest BCUT2D eigenvalue weighted by Gasteiger charge is -2.30. The van der Waals surface area contributed by atoms with Crippen LogP contribution >= 0.6 is 0 Å². The fraction of sp³-hybridized carbons (Fsp3) is 0.381. The van der Waals surface area contributed by atoms with Crippen molar-refractivity contribution in [1.82, 2.24) is 14.5 Å². The van der Waals surface area contributed by atoms with Gasteiger partial charge in [0.2, 0.25) is 15.9 Å². The molecule has 0 unspecified atom stereocenters. The Labute approximate surface area is 171 Å². The van der Waals surface area contributed by atoms with E-state index >= 15 is 0 Å². The quantitative estimate of drug-likeness (QED) is 0.778. The van der Waals surface area contributed by atoms with Crippen molar-refractivity contribution < 1.29 is 17.6 Å². The minimum absolute atomic E-state index is 0.00619. The van der Waals surface area contributed by atoms with Gasteiger partial charge in [0.1, 0.15) is 5.82 Å². The molecule has 1 heterocycles. The van der Waals surface area contributed by atoms with Crippen molar-refractivity contribution in [1.29, 1.82) is 0 Å². The van der Waals surface area contributed by atoms with Crippen molar-refractivity contribution >= 4 is 15.9 Å². The Balaban J connectivity index is 1.92. The number of hydrogen-bond donors (Lipinski definition) is 1. The Morgan fingerprint density at radius 3 is 2.38 bits per heavy atom. The molecule has 1 N–H and O–H groups in total. The zero-order chi connectivity index (χ0) is 21.0. The van der Waals surface area contributed by atoms with Crippen molar-refractivity contribution in [3.63, 3.8) is 0 Å². The molecule has 1 aliphatic rings. The second-order valence-corrected chi connectivity index (χ2v) is 9.21. The summed E-state index contributed by atoms with van der Waals surface area (Å²) in [7, 11) is -3.91. The van der Waals surface area contributed by atoms with Gasteiger partial charge >= 0.3 is 0 Å². The minimum Gasteiger partial charge on any atom is -0.339 e. The van der Waals surface area contributed by atoms with E-state index in [0.717, 1.165) is 5.56 Å². The lowest BCUT2D eigenvalue weighted by atomic mass is 10.2. The van der Waals surface area contributed by atoms with E-state index < -0.39 is 15.8 Å². The van der Waals surface area contributed by atoms with Crippen molar-refractivity contribution in [3.8, 4) is 0 Å². The first kappa shape index (κ1) is 21.4. The van der Waals surface area contributed by atoms with Gasteiger partial charge in [-0.1, -0.05) is 29.8 Å². The molecular formula is C21H26FN3O3S. The predicted octanol–water partition coefficient (Wildman–Crippen LogP) is 2.07. The molecule has 2 aromatic rings. The monoisotopic (exact) mass is 419 g/mol. The molecule has 3 rings (SSSR count). The van der Waals surface area contributed by atoms with Crippen LogP contribution in [-0.4, -0.2) is 56.3 Å². The zero-order valence-electron chi connectivity index (χ0n) is 16.7. The van der Waals surface area contributed by atoms with E-state index in [0.29, 0.717) is 37.3 Å². The second kappa shape index (κ2) is 9.02. The topological polar surface area (TPSA) is 69.7 Å². The molecule has 29 heavy (non-hydrogen) atoms. The third-order valence-electron chi connectivity index (χ3n) is 5.00. The van der Waals surface area contributed by atoms with Gasteiger partial charge in [-0.15, -0.1) is 0 Å². The molecule has 0 spiro atoms. The summed E-state index contributed by atoms with van der Waals surface area (Å²) in [5.74, 6) is -0.628. The van der Waals surface area contributed by atoms with Gasteiger partial charge in [-0.2, -0.15) is 4.31 Å². The summed E-state index contributed by atoms with van der Waals surface area (Å²) in [4.78, 5) is 14.7. The van der Waals surface area contributed by atoms with Crippen LogP contribution in [0.5, 0.6) is 0 Å². The third-order valence-corrected chi connectivity index (χ3v) is 6.95. The Morgan fingerprint density at radius 2 is 1.76 bits per heavy atom. The molecule has 1 amide bonds. The normalized spacial score (nSPS) is 15.0. The molecule has 8 heteroatoms. The van der Waals surface area contributed by atoms with Crippen LogP contribution in [0.15, 0.2) is 47.4 Å². The first-order valence-corrected chi connectivity index (χ1v) is 11.0. The minimum atomic E-state index is -3.91. The lowest BCUT2D eigenvalue weighted by molar-refractivity contribution is -0.132. The smallest absolute Gasteiger partial charge is 0.244 e. The second-order valence-electron chi connectivity index (χ2n) is 7.30. The maximum Gasteiger partial charge on any atom is 0.244 e. The van der Waals surface area contributed by atoms with Crippen LogP contribution in [0.25, 0.3) is 0 Å². The van der Waals surface area contributed by atoms with E-state index in [-0.39, 0.29) is 23.9 Å². The van der Waals surface area contributed by atoms with Crippen LogP contribution < -0.4 is 5.32 Å². The highest BCUT2D eigenvalue weighted by Gasteiger charge is 2.30. The van der Waals surface area contributed by atoms with Crippen molar-refractivity contribution in [2.75, 3.05) is 32.7 Å². The van der Waals surface area contributed by atoms with E-state index in [4.69, 9.17) is 0 Å². The first-order chi connectivity index (χ1) is 13.8. The van der Waals surface area contributed by atoms with Crippen molar-refractivity contribution in [2.24, 2.45) is 0 Å². The lowest BCUT2D eigenvalue weighted by Crippen LogP contribution is -2.50. The molecule has 0 aromatic heterocycles. The van der Waals surface area contributed by atoms with Gasteiger partial charge in [0, 0.05) is 32.7 Å². The van der Waals surface area contributed by atoms with Gasteiger partial charge in [0.25, 0.3) is 0 Å². The standard InChI is InChI=1S/C21H26FN3O3S/c1-16-3-8-20(17(2)13-16)29(27,28)25(14-18-4-6-19(22)7-5-18)15-21(26)24-11-9-23-10-12-24/h3-8,13,23H,9-12,14-15H2,1-2H3. The maximum atomic E-state index is 13.4. The average molecular weight is 420 g/mol. The van der Waals surface area contributed by atoms with E-state index in [1.807, 2.05) is 6.92 Å². The maximum absolute atomic E-state index is 13.4. The first-order valence-electron chi connectivity index (χ1n) is 9.58. The van der Waals surface area contributed by atoms with Crippen molar-refractivity contribution in [3.05, 3.63) is 65.0 Å². The number of benzene rings is 2. The summed E-state index contributed by atoms with van der Waals surface area (Å²) in [5, 5.41) is 3.18. The number of halogens is 1. The Morgan fingerprint density at radius 1 is 1.10 bits per heavy atom. The van der Waals surface area contributed by atoms with Crippen LogP contribution in [0.4, 0.5) is 4.39 Å². The van der Waals surface area contributed by atoms with Gasteiger partial charge < -0.3 is 10.2 Å². The van der Waals surface area contributed by atoms with Gasteiger partial charge in [-0.3, -0.25) is 4.79 Å². The molecule has 0 radical (unpaired) electrons. The molecule has 1 fully saturated rings. The summed E-state index contributed by atoms with van der Waals surface area (Å²) in [6, 6.07) is 10.8. The number of sulfonamides is 1. The van der Waals surface area contributed by atoms with E-state index in [1.165, 1.54) is 28.6 Å². The SMILES string of the molecule is Cc1ccc(S(=O)(=O)N(CC(=O)N2CCNCC2)Cc2ccc(F)cc2)c(C)c1. The predicted molar refractivity (Wildman–Crippen MR) is 109 cm³/mol. The zero-order valence-corrected chi connectivity index (χ0v) is 17.5. The van der Waals surface area contributed by atoms with Gasteiger partial charge in [0.05, 0.1) is 11.4 Å². The fourth-order valence-corrected chi connectivity index (χ4v) is 5.00. The van der Waals surface area contributed by atoms with Crippen LogP contribution in [0.3, 0.4) is 0 Å². The molecule has 156 valence electrons. The number of amides is 1. The molecule has 0 atom stereocenters. The summed E-state index contributed by atoms with van der Waals surface area (Å²) >= 11 is 0. The highest BCUT2D eigenvalue weighted by molar-refractivity contribution is 7.89. The molecule has 0 aliphatic carbocycles. The molecule has 0 saturated carbocycles. The van der Waals surface area contributed by atoms with Crippen molar-refractivity contribution in [2.45, 2.75) is 25.3 Å². The van der Waals surface area contributed by atoms with E-state index in [9.17, 15) is 17.6 Å². The Bertz CT molecular complexity index is 971. The van der Waals surface area contributed by atoms with Crippen LogP contribution in [0, 0.1) is 19.7 Å². The van der Waals surface area contributed by atoms with E-state index in [1.54, 1.807) is 30.0 Å². The van der Waals surface area contributed by atoms with Crippen LogP contribution in [0.2, 0.25) is 0 Å². The number of hydrogen-bond acceptors (Lipinski definition) is 4. The summed E-state index contributed by atoms with van der Waals surface area (Å²) in [6.45, 7) is 5.85. The van der Waals surface area contributed by atoms with Crippen LogP contribution in [0.1, 0.15) is 16.7 Å². The number of carbonyl (C=O) groups excluding carboxylic acids is 1. The molecule has 2 aromatic carbocycles. The molecule has 6 nitrogen and oxygen atoms in total. The summed E-state index contributed by atoms with van der Waals surface area (Å²) in [5.41, 5.74) is 2.21. The molecule has 1 aliphatic heterocycles. The number of aryl methyl sites for hydroxylation is 2. The van der Waals surface area contributed by atoms with Gasteiger partial charge in [-0.25, -0.2) is 12.8 Å². The summed E-state index contributed by atoms with van der Waals surface area (Å²) < 4.78 is 41.3. The van der Waals surface area contributed by atoms with Crippen LogP contribution in [-0.2, 0) is 21.4 Å². The van der Waals surface area contributed by atoms with Gasteiger partial charge in [0.15, 0.2) is 0 Å². The Hall–Kier alpha value is -2.29. The number of nitrogens with one attached hydrogen (secondary N) is 1. The highest BCUT2D eigenvalue weighted by atomic mass is 32.2. The summed E-state index contributed by atoms with van der Waals surface area (Å²) in [6.07, 6.45) is 0. The number of nitrogens with zero attached hydrogens (tertiary/aromatic N) is 2. The molecular weight excluding hydrogens is 393 g/mol. The fourth-order valence-electron chi connectivity index (χ4n) is 3.41. The van der Waals surface area contributed by atoms with Gasteiger partial charge in [-0.05, 0) is 43.2 Å². The Kier molecular flexibility index (Phi) is 6.66.